The van der Waals surface area contributed by atoms with Crippen LogP contribution in [0.1, 0.15) is 42.0 Å². The average Bonchev–Trinajstić information content (AvgIpc) is 3.24. The Labute approximate surface area is 231 Å². The summed E-state index contributed by atoms with van der Waals surface area (Å²) in [6.45, 7) is 7.24. The van der Waals surface area contributed by atoms with E-state index in [1.807, 2.05) is 19.1 Å². The lowest BCUT2D eigenvalue weighted by molar-refractivity contribution is -0.210. The molecular formula is C31H31F3N2O4. The van der Waals surface area contributed by atoms with Gasteiger partial charge < -0.3 is 19.8 Å². The van der Waals surface area contributed by atoms with Gasteiger partial charge in [0.2, 0.25) is 0 Å². The second-order valence-corrected chi connectivity index (χ2v) is 11.5. The highest BCUT2D eigenvalue weighted by Crippen LogP contribution is 2.66. The predicted octanol–water partition coefficient (Wildman–Crippen LogP) is 3.88. The molecule has 1 saturated heterocycles. The topological polar surface area (TPSA) is 73.2 Å². The Morgan fingerprint density at radius 2 is 2.00 bits per heavy atom. The van der Waals surface area contributed by atoms with Gasteiger partial charge in [0.05, 0.1) is 22.6 Å². The van der Waals surface area contributed by atoms with Crippen molar-refractivity contribution in [2.75, 3.05) is 20.1 Å². The van der Waals surface area contributed by atoms with E-state index < -0.39 is 40.8 Å². The fraction of sp³-hybridized carbons (Fsp3) is 0.452. The maximum atomic E-state index is 13.4. The molecule has 2 heterocycles. The van der Waals surface area contributed by atoms with Crippen LogP contribution >= 0.6 is 0 Å². The largest absolute Gasteiger partial charge is 0.504 e. The number of phenols is 1. The first-order valence-electron chi connectivity index (χ1n) is 13.5. The van der Waals surface area contributed by atoms with Gasteiger partial charge in [-0.3, -0.25) is 9.69 Å². The summed E-state index contributed by atoms with van der Waals surface area (Å²) < 4.78 is 45.2. The fourth-order valence-corrected chi connectivity index (χ4v) is 7.94. The van der Waals surface area contributed by atoms with Gasteiger partial charge in [-0.1, -0.05) is 25.0 Å². The number of hydrogen-bond donors (Lipinski definition) is 2. The molecule has 2 bridgehead atoms. The van der Waals surface area contributed by atoms with E-state index >= 15 is 0 Å². The fourth-order valence-electron chi connectivity index (χ4n) is 7.94. The van der Waals surface area contributed by atoms with Crippen LogP contribution < -0.4 is 4.74 Å². The summed E-state index contributed by atoms with van der Waals surface area (Å²) in [7, 11) is 1.65. The maximum absolute atomic E-state index is 13.4. The van der Waals surface area contributed by atoms with Gasteiger partial charge in [-0.15, -0.1) is 6.58 Å². The molecule has 2 aromatic carbocycles. The summed E-state index contributed by atoms with van der Waals surface area (Å²) in [5.41, 5.74) is -0.565. The van der Waals surface area contributed by atoms with E-state index in [9.17, 15) is 28.2 Å². The van der Waals surface area contributed by atoms with Gasteiger partial charge in [-0.05, 0) is 67.6 Å². The molecule has 2 aliphatic heterocycles. The molecule has 210 valence electrons. The second kappa shape index (κ2) is 9.02. The lowest BCUT2D eigenvalue weighted by atomic mass is 9.46. The number of piperidine rings is 1. The highest BCUT2D eigenvalue weighted by Gasteiger charge is 2.74. The van der Waals surface area contributed by atoms with Crippen molar-refractivity contribution in [3.8, 4) is 23.3 Å². The highest BCUT2D eigenvalue weighted by molar-refractivity contribution is 5.94. The van der Waals surface area contributed by atoms with E-state index in [1.165, 1.54) is 17.0 Å². The van der Waals surface area contributed by atoms with Crippen LogP contribution in [0.3, 0.4) is 0 Å². The van der Waals surface area contributed by atoms with Gasteiger partial charge in [-0.25, -0.2) is 0 Å². The summed E-state index contributed by atoms with van der Waals surface area (Å²) in [6.07, 6.45) is -1.58. The number of nitrogens with zero attached hydrogens (tertiary/aromatic N) is 2. The smallest absolute Gasteiger partial charge is 0.416 e. The number of aromatic hydroxyl groups is 1. The Morgan fingerprint density at radius 3 is 2.67 bits per heavy atom. The lowest BCUT2D eigenvalue weighted by Crippen LogP contribution is -2.79. The molecule has 6 atom stereocenters. The first-order valence-corrected chi connectivity index (χ1v) is 13.5. The number of aliphatic hydroxyl groups is 1. The molecule has 2 fully saturated rings. The molecule has 0 aromatic heterocycles. The van der Waals surface area contributed by atoms with Gasteiger partial charge in [-0.2, -0.15) is 13.2 Å². The van der Waals surface area contributed by atoms with Crippen LogP contribution in [0.15, 0.2) is 49.1 Å². The zero-order chi connectivity index (χ0) is 28.6. The van der Waals surface area contributed by atoms with Gasteiger partial charge in [0.15, 0.2) is 11.5 Å². The summed E-state index contributed by atoms with van der Waals surface area (Å²) in [5.74, 6) is 4.99. The number of amides is 1. The Bertz CT molecular complexity index is 1450. The van der Waals surface area contributed by atoms with E-state index in [4.69, 9.17) is 4.74 Å². The van der Waals surface area contributed by atoms with E-state index in [1.54, 1.807) is 13.1 Å². The van der Waals surface area contributed by atoms with E-state index in [0.717, 1.165) is 23.3 Å². The van der Waals surface area contributed by atoms with Crippen molar-refractivity contribution in [1.29, 1.82) is 0 Å². The lowest BCUT2D eigenvalue weighted by Gasteiger charge is -2.65. The molecular weight excluding hydrogens is 521 g/mol. The molecule has 6 nitrogen and oxygen atoms in total. The molecule has 0 radical (unpaired) electrons. The van der Waals surface area contributed by atoms with Crippen LogP contribution in [0.5, 0.6) is 11.5 Å². The van der Waals surface area contributed by atoms with Crippen molar-refractivity contribution in [2.24, 2.45) is 5.92 Å². The number of ether oxygens (including phenoxy) is 1. The van der Waals surface area contributed by atoms with Gasteiger partial charge >= 0.3 is 6.18 Å². The first kappa shape index (κ1) is 26.7. The number of carbonyl (C=O) groups is 1. The number of likely N-dealkylation sites (tertiary alicyclic amines) is 1. The Balaban J connectivity index is 1.36. The third-order valence-corrected chi connectivity index (χ3v) is 9.55. The number of likely N-dealkylation sites (N-methyl/N-ethyl adjacent to an activating group) is 1. The first-order chi connectivity index (χ1) is 18.9. The zero-order valence-electron chi connectivity index (χ0n) is 22.3. The van der Waals surface area contributed by atoms with Gasteiger partial charge in [0.1, 0.15) is 6.10 Å². The number of rotatable bonds is 3. The molecule has 6 rings (SSSR count). The summed E-state index contributed by atoms with van der Waals surface area (Å²) in [4.78, 5) is 17.1. The zero-order valence-corrected chi connectivity index (χ0v) is 22.3. The predicted molar refractivity (Wildman–Crippen MR) is 142 cm³/mol. The normalized spacial score (nSPS) is 31.9. The molecule has 0 unspecified atom stereocenters. The molecule has 1 saturated carbocycles. The van der Waals surface area contributed by atoms with Crippen LogP contribution in [0.2, 0.25) is 0 Å². The second-order valence-electron chi connectivity index (χ2n) is 11.5. The number of carbonyl (C=O) groups excluding carboxylic acids is 1. The Morgan fingerprint density at radius 1 is 1.27 bits per heavy atom. The quantitative estimate of drug-likeness (QED) is 0.447. The number of halogens is 3. The van der Waals surface area contributed by atoms with Crippen LogP contribution in [0.4, 0.5) is 13.2 Å². The number of benzene rings is 2. The van der Waals surface area contributed by atoms with Crippen molar-refractivity contribution in [3.63, 3.8) is 0 Å². The molecule has 9 heteroatoms. The summed E-state index contributed by atoms with van der Waals surface area (Å²) in [6, 6.07) is 7.26. The van der Waals surface area contributed by atoms with Crippen LogP contribution in [-0.2, 0) is 22.8 Å². The van der Waals surface area contributed by atoms with E-state index in [-0.39, 0.29) is 17.7 Å². The molecule has 1 amide bonds. The van der Waals surface area contributed by atoms with Crippen LogP contribution in [0.25, 0.3) is 0 Å². The summed E-state index contributed by atoms with van der Waals surface area (Å²) in [5, 5.41) is 23.4. The van der Waals surface area contributed by atoms with E-state index in [0.29, 0.717) is 43.7 Å². The molecule has 2 aromatic rings. The minimum atomic E-state index is -4.45. The monoisotopic (exact) mass is 552 g/mol. The van der Waals surface area contributed by atoms with Crippen molar-refractivity contribution >= 4 is 5.91 Å². The Hall–Kier alpha value is -3.48. The third-order valence-electron chi connectivity index (χ3n) is 9.55. The van der Waals surface area contributed by atoms with Gasteiger partial charge in [0.25, 0.3) is 5.91 Å². The minimum Gasteiger partial charge on any atom is -0.504 e. The minimum absolute atomic E-state index is 0.0133. The van der Waals surface area contributed by atoms with Gasteiger partial charge in [0, 0.05) is 36.7 Å². The van der Waals surface area contributed by atoms with Crippen LogP contribution in [0, 0.1) is 17.8 Å². The third kappa shape index (κ3) is 3.62. The maximum Gasteiger partial charge on any atom is 0.416 e. The highest BCUT2D eigenvalue weighted by atomic mass is 19.4. The molecule has 1 spiro atoms. The van der Waals surface area contributed by atoms with Crippen molar-refractivity contribution < 1.29 is 32.9 Å². The SMILES string of the molecule is C=CCN1CC[C@]23c4c5ccc(O)c4O[C@H]2[C@@H](N(C)C(=O)C#Cc2ccc(C(F)(F)F)cc2)[C@H](C)C[C@@]3(O)[C@H]1C5. The standard InChI is InChI=1S/C31H31F3N2O4/c1-4-14-36-15-13-29-25-20-8-11-22(37)27(25)40-28(29)26(18(2)17-30(29,39)23(36)16-20)35(3)24(38)12-7-19-5-9-21(10-6-19)31(32,33)34/h4-6,8-11,18,23,26,28,37,39H,1,13-17H2,2-3H3/t18-,23-,26+,28+,29+,30-/m1/s1. The average molecular weight is 553 g/mol. The molecule has 40 heavy (non-hydrogen) atoms. The van der Waals surface area contributed by atoms with E-state index in [2.05, 4.69) is 23.3 Å². The Kier molecular flexibility index (Phi) is 6.02. The van der Waals surface area contributed by atoms with Crippen molar-refractivity contribution in [3.05, 3.63) is 71.3 Å². The number of phenolic OH excluding ortho intramolecular Hbond substituents is 1. The summed E-state index contributed by atoms with van der Waals surface area (Å²) >= 11 is 0. The van der Waals surface area contributed by atoms with Crippen molar-refractivity contribution in [2.45, 2.75) is 61.6 Å². The molecule has 2 aliphatic carbocycles. The molecule has 2 N–H and O–H groups in total. The molecule has 4 aliphatic rings. The number of alkyl halides is 3. The van der Waals surface area contributed by atoms with Crippen LogP contribution in [-0.4, -0.2) is 69.8 Å². The van der Waals surface area contributed by atoms with Crippen molar-refractivity contribution in [1.82, 2.24) is 9.80 Å². The number of hydrogen-bond acceptors (Lipinski definition) is 5.